The van der Waals surface area contributed by atoms with E-state index in [1.54, 1.807) is 24.1 Å². The number of carbonyl (C=O) groups excluding carboxylic acids is 1. The van der Waals surface area contributed by atoms with E-state index >= 15 is 0 Å². The molecule has 0 N–H and O–H groups in total. The number of amides is 1. The molecular weight excluding hydrogens is 358 g/mol. The average Bonchev–Trinajstić information content (AvgIpc) is 2.67. The summed E-state index contributed by atoms with van der Waals surface area (Å²) in [6, 6.07) is 14.3. The Morgan fingerprint density at radius 1 is 1.04 bits per heavy atom. The molecule has 6 heteroatoms. The Bertz CT molecular complexity index is 1020. The molecule has 0 aliphatic rings. The topological polar surface area (TPSA) is 69.0 Å². The van der Waals surface area contributed by atoms with Crippen molar-refractivity contribution in [2.24, 2.45) is 0 Å². The van der Waals surface area contributed by atoms with Crippen molar-refractivity contribution in [3.05, 3.63) is 70.1 Å². The Balaban J connectivity index is 1.60. The lowest BCUT2D eigenvalue weighted by Gasteiger charge is -2.18. The van der Waals surface area contributed by atoms with Crippen molar-refractivity contribution < 1.29 is 18.7 Å². The maximum atomic E-state index is 12.4. The van der Waals surface area contributed by atoms with Gasteiger partial charge >= 0.3 is 5.63 Å². The predicted octanol–water partition coefficient (Wildman–Crippen LogP) is 3.54. The van der Waals surface area contributed by atoms with Gasteiger partial charge < -0.3 is 18.8 Å². The molecule has 0 saturated heterocycles. The highest BCUT2D eigenvalue weighted by atomic mass is 16.5. The van der Waals surface area contributed by atoms with Gasteiger partial charge in [0.2, 0.25) is 0 Å². The summed E-state index contributed by atoms with van der Waals surface area (Å²) in [5.74, 6) is 1.13. The first-order valence-corrected chi connectivity index (χ1v) is 9.09. The maximum absolute atomic E-state index is 12.4. The van der Waals surface area contributed by atoms with Crippen molar-refractivity contribution in [3.8, 4) is 11.5 Å². The van der Waals surface area contributed by atoms with Crippen LogP contribution in [-0.4, -0.2) is 31.1 Å². The minimum atomic E-state index is -0.409. The van der Waals surface area contributed by atoms with Crippen LogP contribution >= 0.6 is 0 Å². The minimum absolute atomic E-state index is 0.102. The number of rotatable bonds is 7. The molecule has 0 saturated carbocycles. The van der Waals surface area contributed by atoms with Gasteiger partial charge in [0.05, 0.1) is 6.61 Å². The van der Waals surface area contributed by atoms with Gasteiger partial charge in [-0.2, -0.15) is 0 Å². The molecule has 0 aliphatic carbocycles. The molecule has 0 atom stereocenters. The van der Waals surface area contributed by atoms with Gasteiger partial charge in [-0.15, -0.1) is 0 Å². The fourth-order valence-electron chi connectivity index (χ4n) is 2.87. The van der Waals surface area contributed by atoms with Crippen molar-refractivity contribution in [1.29, 1.82) is 0 Å². The first-order chi connectivity index (χ1) is 13.5. The lowest BCUT2D eigenvalue weighted by atomic mass is 10.1. The normalized spacial score (nSPS) is 10.7. The summed E-state index contributed by atoms with van der Waals surface area (Å²) in [7, 11) is 1.73. The van der Waals surface area contributed by atoms with Crippen molar-refractivity contribution in [2.45, 2.75) is 20.4 Å². The van der Waals surface area contributed by atoms with Gasteiger partial charge in [-0.25, -0.2) is 4.79 Å². The molecule has 2 aromatic carbocycles. The van der Waals surface area contributed by atoms with Gasteiger partial charge in [-0.1, -0.05) is 12.1 Å². The molecule has 0 bridgehead atoms. The van der Waals surface area contributed by atoms with E-state index in [4.69, 9.17) is 13.9 Å². The first kappa shape index (κ1) is 19.5. The van der Waals surface area contributed by atoms with Crippen LogP contribution in [0.4, 0.5) is 0 Å². The van der Waals surface area contributed by atoms with E-state index in [0.717, 1.165) is 22.3 Å². The molecular formula is C22H23NO5. The van der Waals surface area contributed by atoms with E-state index in [-0.39, 0.29) is 12.5 Å². The molecule has 1 aromatic heterocycles. The number of ether oxygens (including phenoxy) is 2. The fourth-order valence-corrected chi connectivity index (χ4v) is 2.87. The van der Waals surface area contributed by atoms with Gasteiger partial charge in [-0.3, -0.25) is 4.79 Å². The summed E-state index contributed by atoms with van der Waals surface area (Å²) in [5, 5.41) is 0.839. The summed E-state index contributed by atoms with van der Waals surface area (Å²) >= 11 is 0. The Kier molecular flexibility index (Phi) is 5.99. The van der Waals surface area contributed by atoms with Gasteiger partial charge in [-0.05, 0) is 49.2 Å². The molecule has 0 aliphatic heterocycles. The van der Waals surface area contributed by atoms with Crippen LogP contribution < -0.4 is 15.1 Å². The zero-order valence-electron chi connectivity index (χ0n) is 16.2. The second-order valence-corrected chi connectivity index (χ2v) is 6.52. The zero-order chi connectivity index (χ0) is 20.1. The van der Waals surface area contributed by atoms with Crippen LogP contribution in [0.5, 0.6) is 11.5 Å². The van der Waals surface area contributed by atoms with Crippen LogP contribution in [0.15, 0.2) is 57.7 Å². The quantitative estimate of drug-likeness (QED) is 0.586. The molecule has 146 valence electrons. The largest absolute Gasteiger partial charge is 0.494 e. The number of hydrogen-bond donors (Lipinski definition) is 0. The highest BCUT2D eigenvalue weighted by molar-refractivity contribution is 5.81. The second kappa shape index (κ2) is 8.61. The number of hydrogen-bond acceptors (Lipinski definition) is 5. The lowest BCUT2D eigenvalue weighted by Crippen LogP contribution is -2.30. The summed E-state index contributed by atoms with van der Waals surface area (Å²) < 4.78 is 16.2. The van der Waals surface area contributed by atoms with Crippen LogP contribution in [0.1, 0.15) is 18.1 Å². The van der Waals surface area contributed by atoms with Gasteiger partial charge in [0.15, 0.2) is 6.61 Å². The number of benzene rings is 2. The molecule has 1 heterocycles. The molecule has 0 unspecified atom stereocenters. The molecule has 28 heavy (non-hydrogen) atoms. The van der Waals surface area contributed by atoms with Crippen molar-refractivity contribution in [3.63, 3.8) is 0 Å². The zero-order valence-corrected chi connectivity index (χ0v) is 16.2. The van der Waals surface area contributed by atoms with E-state index in [1.165, 1.54) is 6.07 Å². The first-order valence-electron chi connectivity index (χ1n) is 9.09. The standard InChI is InChI=1S/C22H23NO5/c1-4-26-17-7-5-16(6-8-17)13-23(3)21(24)14-27-18-9-10-19-15(2)11-22(25)28-20(19)12-18/h5-12H,4,13-14H2,1-3H3. The molecule has 6 nitrogen and oxygen atoms in total. The van der Waals surface area contributed by atoms with Crippen LogP contribution in [0.25, 0.3) is 11.0 Å². The highest BCUT2D eigenvalue weighted by Gasteiger charge is 2.11. The van der Waals surface area contributed by atoms with Gasteiger partial charge in [0.1, 0.15) is 17.1 Å². The summed E-state index contributed by atoms with van der Waals surface area (Å²) in [6.07, 6.45) is 0. The molecule has 0 spiro atoms. The lowest BCUT2D eigenvalue weighted by molar-refractivity contribution is -0.132. The Morgan fingerprint density at radius 3 is 2.46 bits per heavy atom. The molecule has 3 aromatic rings. The van der Waals surface area contributed by atoms with Crippen molar-refractivity contribution in [1.82, 2.24) is 4.90 Å². The van der Waals surface area contributed by atoms with Crippen molar-refractivity contribution in [2.75, 3.05) is 20.3 Å². The number of fused-ring (bicyclic) bond motifs is 1. The third-order valence-electron chi connectivity index (χ3n) is 4.36. The molecule has 1 amide bonds. The summed E-state index contributed by atoms with van der Waals surface area (Å²) in [5.41, 5.74) is 1.87. The van der Waals surface area contributed by atoms with E-state index in [2.05, 4.69) is 0 Å². The third-order valence-corrected chi connectivity index (χ3v) is 4.36. The summed E-state index contributed by atoms with van der Waals surface area (Å²) in [6.45, 7) is 4.77. The molecule has 3 rings (SSSR count). The average molecular weight is 381 g/mol. The number of nitrogens with zero attached hydrogens (tertiary/aromatic N) is 1. The van der Waals surface area contributed by atoms with Gasteiger partial charge in [0, 0.05) is 31.1 Å². The van der Waals surface area contributed by atoms with Crippen LogP contribution in [0, 0.1) is 6.92 Å². The number of likely N-dealkylation sites (N-methyl/N-ethyl adjacent to an activating group) is 1. The fraction of sp³-hybridized carbons (Fsp3) is 0.273. The monoisotopic (exact) mass is 381 g/mol. The number of carbonyl (C=O) groups is 1. The second-order valence-electron chi connectivity index (χ2n) is 6.52. The summed E-state index contributed by atoms with van der Waals surface area (Å²) in [4.78, 5) is 25.5. The third kappa shape index (κ3) is 4.71. The van der Waals surface area contributed by atoms with Gasteiger partial charge in [0.25, 0.3) is 5.91 Å². The SMILES string of the molecule is CCOc1ccc(CN(C)C(=O)COc2ccc3c(C)cc(=O)oc3c2)cc1. The predicted molar refractivity (Wildman–Crippen MR) is 107 cm³/mol. The smallest absolute Gasteiger partial charge is 0.336 e. The molecule has 0 fully saturated rings. The van der Waals surface area contributed by atoms with E-state index in [1.807, 2.05) is 44.2 Å². The maximum Gasteiger partial charge on any atom is 0.336 e. The minimum Gasteiger partial charge on any atom is -0.494 e. The Hall–Kier alpha value is -3.28. The van der Waals surface area contributed by atoms with Crippen LogP contribution in [0.2, 0.25) is 0 Å². The van der Waals surface area contributed by atoms with Crippen molar-refractivity contribution >= 4 is 16.9 Å². The van der Waals surface area contributed by atoms with E-state index in [0.29, 0.717) is 24.5 Å². The Morgan fingerprint density at radius 2 is 1.75 bits per heavy atom. The van der Waals surface area contributed by atoms with E-state index < -0.39 is 5.63 Å². The molecule has 0 radical (unpaired) electrons. The van der Waals surface area contributed by atoms with E-state index in [9.17, 15) is 9.59 Å². The number of aryl methyl sites for hydroxylation is 1. The van der Waals surface area contributed by atoms with Crippen LogP contribution in [0.3, 0.4) is 0 Å². The van der Waals surface area contributed by atoms with Crippen LogP contribution in [-0.2, 0) is 11.3 Å². The highest BCUT2D eigenvalue weighted by Crippen LogP contribution is 2.22. The Labute approximate surface area is 163 Å².